The normalized spacial score (nSPS) is 21.8. The first-order chi connectivity index (χ1) is 15.8. The lowest BCUT2D eigenvalue weighted by Crippen LogP contribution is -2.49. The highest BCUT2D eigenvalue weighted by Gasteiger charge is 2.46. The van der Waals surface area contributed by atoms with Gasteiger partial charge in [-0.15, -0.1) is 0 Å². The summed E-state index contributed by atoms with van der Waals surface area (Å²) in [7, 11) is 0. The number of nitrogens with zero attached hydrogens (tertiary/aromatic N) is 1. The van der Waals surface area contributed by atoms with Crippen LogP contribution in [0.5, 0.6) is 0 Å². The molecule has 2 atom stereocenters. The SMILES string of the molecule is CC(C)(C)OC(=O)c1ccc(NC(=O)[C@@H]2[C@H](C3CCCCC3)CCN2C(=O)OC(C)(C)C)cc1. The summed E-state index contributed by atoms with van der Waals surface area (Å²) in [6, 6.07) is 6.10. The van der Waals surface area contributed by atoms with E-state index in [9.17, 15) is 14.4 Å². The van der Waals surface area contributed by atoms with E-state index in [-0.39, 0.29) is 11.8 Å². The number of esters is 1. The first kappa shape index (κ1) is 26.0. The Labute approximate surface area is 203 Å². The third-order valence-corrected chi connectivity index (χ3v) is 6.38. The number of ether oxygens (including phenoxy) is 2. The Morgan fingerprint density at radius 1 is 0.853 bits per heavy atom. The number of carbonyl (C=O) groups excluding carboxylic acids is 3. The van der Waals surface area contributed by atoms with Crippen LogP contribution < -0.4 is 5.32 Å². The van der Waals surface area contributed by atoms with Crippen molar-refractivity contribution in [3.63, 3.8) is 0 Å². The van der Waals surface area contributed by atoms with Gasteiger partial charge in [-0.3, -0.25) is 9.69 Å². The van der Waals surface area contributed by atoms with E-state index in [1.54, 1.807) is 29.2 Å². The van der Waals surface area contributed by atoms with Crippen molar-refractivity contribution in [2.24, 2.45) is 11.8 Å². The number of nitrogens with one attached hydrogen (secondary N) is 1. The van der Waals surface area contributed by atoms with Gasteiger partial charge in [0.15, 0.2) is 0 Å². The van der Waals surface area contributed by atoms with Gasteiger partial charge in [-0.2, -0.15) is 0 Å². The van der Waals surface area contributed by atoms with Gasteiger partial charge in [-0.05, 0) is 84.1 Å². The molecular formula is C27H40N2O5. The summed E-state index contributed by atoms with van der Waals surface area (Å²) in [5.41, 5.74) is -0.204. The lowest BCUT2D eigenvalue weighted by atomic mass is 9.76. The highest BCUT2D eigenvalue weighted by molar-refractivity contribution is 5.98. The lowest BCUT2D eigenvalue weighted by molar-refractivity contribution is -0.122. The summed E-state index contributed by atoms with van der Waals surface area (Å²) in [6.45, 7) is 11.5. The molecule has 0 aromatic heterocycles. The molecule has 1 N–H and O–H groups in total. The van der Waals surface area contributed by atoms with E-state index in [1.807, 2.05) is 41.5 Å². The van der Waals surface area contributed by atoms with Crippen molar-refractivity contribution in [2.45, 2.75) is 97.3 Å². The van der Waals surface area contributed by atoms with Crippen molar-refractivity contribution >= 4 is 23.7 Å². The molecule has 7 heteroatoms. The number of carbonyl (C=O) groups is 3. The minimum atomic E-state index is -0.626. The molecule has 1 saturated heterocycles. The van der Waals surface area contributed by atoms with Gasteiger partial charge < -0.3 is 14.8 Å². The van der Waals surface area contributed by atoms with Crippen LogP contribution in [0.25, 0.3) is 0 Å². The number of anilines is 1. The Kier molecular flexibility index (Phi) is 7.94. The highest BCUT2D eigenvalue weighted by atomic mass is 16.6. The van der Waals surface area contributed by atoms with Gasteiger partial charge in [0.25, 0.3) is 0 Å². The fourth-order valence-electron chi connectivity index (χ4n) is 4.98. The molecule has 1 aromatic rings. The largest absolute Gasteiger partial charge is 0.456 e. The van der Waals surface area contributed by atoms with E-state index in [4.69, 9.17) is 9.47 Å². The van der Waals surface area contributed by atoms with E-state index in [0.717, 1.165) is 19.3 Å². The maximum atomic E-state index is 13.5. The monoisotopic (exact) mass is 472 g/mol. The fourth-order valence-corrected chi connectivity index (χ4v) is 4.98. The Bertz CT molecular complexity index is 876. The molecule has 0 bridgehead atoms. The Hall–Kier alpha value is -2.57. The standard InChI is InChI=1S/C27H40N2O5/c1-26(2,3)33-24(31)19-12-14-20(15-13-19)28-23(30)22-21(18-10-8-7-9-11-18)16-17-29(22)25(32)34-27(4,5)6/h12-15,18,21-22H,7-11,16-17H2,1-6H3,(H,28,30)/t21-,22-/m0/s1. The Morgan fingerprint density at radius 2 is 1.44 bits per heavy atom. The minimum absolute atomic E-state index is 0.119. The van der Waals surface area contributed by atoms with Crippen LogP contribution in [0.1, 0.15) is 90.4 Å². The second kappa shape index (κ2) is 10.4. The summed E-state index contributed by atoms with van der Waals surface area (Å²) < 4.78 is 11.0. The van der Waals surface area contributed by atoms with Gasteiger partial charge >= 0.3 is 12.1 Å². The molecule has 0 radical (unpaired) electrons. The molecule has 7 nitrogen and oxygen atoms in total. The molecule has 1 saturated carbocycles. The average molecular weight is 473 g/mol. The van der Waals surface area contributed by atoms with E-state index < -0.39 is 29.3 Å². The van der Waals surface area contributed by atoms with E-state index in [0.29, 0.717) is 23.7 Å². The predicted molar refractivity (Wildman–Crippen MR) is 132 cm³/mol. The number of hydrogen-bond acceptors (Lipinski definition) is 5. The molecule has 188 valence electrons. The summed E-state index contributed by atoms with van der Waals surface area (Å²) in [5, 5.41) is 2.97. The highest BCUT2D eigenvalue weighted by Crippen LogP contribution is 2.39. The molecule has 1 aliphatic carbocycles. The molecule has 2 fully saturated rings. The summed E-state index contributed by atoms with van der Waals surface area (Å²) in [5.74, 6) is -0.0566. The van der Waals surface area contributed by atoms with Gasteiger partial charge in [-0.25, -0.2) is 9.59 Å². The number of hydrogen-bond donors (Lipinski definition) is 1. The molecule has 2 amide bonds. The third-order valence-electron chi connectivity index (χ3n) is 6.38. The summed E-state index contributed by atoms with van der Waals surface area (Å²) in [6.07, 6.45) is 6.15. The van der Waals surface area contributed by atoms with Crippen LogP contribution in [0.3, 0.4) is 0 Å². The van der Waals surface area contributed by atoms with E-state index in [2.05, 4.69) is 5.32 Å². The van der Waals surface area contributed by atoms with Gasteiger partial charge in [0.05, 0.1) is 5.56 Å². The zero-order chi connectivity index (χ0) is 25.1. The van der Waals surface area contributed by atoms with Crippen LogP contribution >= 0.6 is 0 Å². The molecule has 0 spiro atoms. The smallest absolute Gasteiger partial charge is 0.410 e. The predicted octanol–water partition coefficient (Wildman–Crippen LogP) is 5.79. The van der Waals surface area contributed by atoms with Crippen molar-refractivity contribution in [1.29, 1.82) is 0 Å². The molecule has 1 heterocycles. The fraction of sp³-hybridized carbons (Fsp3) is 0.667. The van der Waals surface area contributed by atoms with Crippen LogP contribution in [0.15, 0.2) is 24.3 Å². The Morgan fingerprint density at radius 3 is 2.00 bits per heavy atom. The zero-order valence-corrected chi connectivity index (χ0v) is 21.5. The molecule has 0 unspecified atom stereocenters. The van der Waals surface area contributed by atoms with Crippen LogP contribution in [-0.4, -0.2) is 46.7 Å². The molecule has 3 rings (SSSR count). The van der Waals surface area contributed by atoms with Crippen LogP contribution in [0, 0.1) is 11.8 Å². The van der Waals surface area contributed by atoms with Crippen molar-refractivity contribution in [3.8, 4) is 0 Å². The van der Waals surface area contributed by atoms with Gasteiger partial charge in [0.2, 0.25) is 5.91 Å². The van der Waals surface area contributed by atoms with Crippen molar-refractivity contribution in [2.75, 3.05) is 11.9 Å². The van der Waals surface area contributed by atoms with Crippen molar-refractivity contribution in [3.05, 3.63) is 29.8 Å². The summed E-state index contributed by atoms with van der Waals surface area (Å²) in [4.78, 5) is 40.4. The number of amides is 2. The number of likely N-dealkylation sites (tertiary alicyclic amines) is 1. The molecule has 1 aliphatic heterocycles. The molecule has 2 aliphatic rings. The molecular weight excluding hydrogens is 432 g/mol. The first-order valence-corrected chi connectivity index (χ1v) is 12.5. The van der Waals surface area contributed by atoms with Crippen molar-refractivity contribution < 1.29 is 23.9 Å². The first-order valence-electron chi connectivity index (χ1n) is 12.5. The molecule has 1 aromatic carbocycles. The number of rotatable bonds is 4. The topological polar surface area (TPSA) is 84.9 Å². The second-order valence-electron chi connectivity index (χ2n) is 11.5. The van der Waals surface area contributed by atoms with E-state index >= 15 is 0 Å². The quantitative estimate of drug-likeness (QED) is 0.561. The van der Waals surface area contributed by atoms with E-state index in [1.165, 1.54) is 19.3 Å². The lowest BCUT2D eigenvalue weighted by Gasteiger charge is -2.34. The van der Waals surface area contributed by atoms with Crippen LogP contribution in [-0.2, 0) is 14.3 Å². The maximum Gasteiger partial charge on any atom is 0.410 e. The van der Waals surface area contributed by atoms with Gasteiger partial charge in [0.1, 0.15) is 17.2 Å². The number of benzene rings is 1. The minimum Gasteiger partial charge on any atom is -0.456 e. The third kappa shape index (κ3) is 6.97. The average Bonchev–Trinajstić information content (AvgIpc) is 3.18. The van der Waals surface area contributed by atoms with Crippen LogP contribution in [0.4, 0.5) is 10.5 Å². The zero-order valence-electron chi connectivity index (χ0n) is 21.5. The second-order valence-corrected chi connectivity index (χ2v) is 11.5. The molecule has 34 heavy (non-hydrogen) atoms. The van der Waals surface area contributed by atoms with Crippen LogP contribution in [0.2, 0.25) is 0 Å². The Balaban J connectivity index is 1.75. The van der Waals surface area contributed by atoms with Gasteiger partial charge in [-0.1, -0.05) is 32.1 Å². The van der Waals surface area contributed by atoms with Gasteiger partial charge in [0, 0.05) is 12.2 Å². The summed E-state index contributed by atoms with van der Waals surface area (Å²) >= 11 is 0. The van der Waals surface area contributed by atoms with Crippen molar-refractivity contribution in [1.82, 2.24) is 4.90 Å². The maximum absolute atomic E-state index is 13.5.